The van der Waals surface area contributed by atoms with Gasteiger partial charge in [0.15, 0.2) is 0 Å². The molecule has 1 unspecified atom stereocenters. The van der Waals surface area contributed by atoms with E-state index >= 15 is 0 Å². The summed E-state index contributed by atoms with van der Waals surface area (Å²) in [5.41, 5.74) is 2.92. The average Bonchev–Trinajstić information content (AvgIpc) is 3.46. The maximum atomic E-state index is 13.0. The van der Waals surface area contributed by atoms with Crippen molar-refractivity contribution in [1.82, 2.24) is 10.2 Å². The Morgan fingerprint density at radius 1 is 1.14 bits per heavy atom. The van der Waals surface area contributed by atoms with Crippen molar-refractivity contribution in [2.45, 2.75) is 32.2 Å². The summed E-state index contributed by atoms with van der Waals surface area (Å²) in [6, 6.07) is 14.3. The molecule has 1 amide bonds. The van der Waals surface area contributed by atoms with E-state index in [1.54, 1.807) is 12.1 Å². The summed E-state index contributed by atoms with van der Waals surface area (Å²) >= 11 is 1.49. The van der Waals surface area contributed by atoms with Crippen LogP contribution >= 0.6 is 11.3 Å². The van der Waals surface area contributed by atoms with E-state index in [1.807, 2.05) is 24.3 Å². The van der Waals surface area contributed by atoms with Gasteiger partial charge in [-0.15, -0.1) is 10.2 Å². The molecule has 0 saturated heterocycles. The number of hydrogen-bond acceptors (Lipinski definition) is 5. The number of anilines is 2. The van der Waals surface area contributed by atoms with Gasteiger partial charge in [-0.2, -0.15) is 0 Å². The van der Waals surface area contributed by atoms with Gasteiger partial charge in [0.25, 0.3) is 0 Å². The van der Waals surface area contributed by atoms with Crippen LogP contribution in [0.25, 0.3) is 0 Å². The number of carbonyl (C=O) groups is 1. The lowest BCUT2D eigenvalue weighted by atomic mass is 10.1. The lowest BCUT2D eigenvalue weighted by Crippen LogP contribution is -2.13. The molecule has 0 radical (unpaired) electrons. The Bertz CT molecular complexity index is 951. The van der Waals surface area contributed by atoms with Gasteiger partial charge >= 0.3 is 0 Å². The highest BCUT2D eigenvalue weighted by Gasteiger charge is 2.29. The van der Waals surface area contributed by atoms with Crippen LogP contribution < -0.4 is 10.6 Å². The topological polar surface area (TPSA) is 66.9 Å². The van der Waals surface area contributed by atoms with Crippen LogP contribution in [0, 0.1) is 11.7 Å². The first-order chi connectivity index (χ1) is 13.6. The Morgan fingerprint density at radius 2 is 1.86 bits per heavy atom. The summed E-state index contributed by atoms with van der Waals surface area (Å²) in [4.78, 5) is 11.8. The van der Waals surface area contributed by atoms with Gasteiger partial charge in [0, 0.05) is 18.0 Å². The highest BCUT2D eigenvalue weighted by molar-refractivity contribution is 7.15. The van der Waals surface area contributed by atoms with Gasteiger partial charge in [-0.3, -0.25) is 4.79 Å². The molecule has 4 rings (SSSR count). The van der Waals surface area contributed by atoms with E-state index in [2.05, 4.69) is 27.8 Å². The van der Waals surface area contributed by atoms with Crippen molar-refractivity contribution in [2.75, 3.05) is 10.6 Å². The number of rotatable bonds is 7. The molecule has 144 valence electrons. The number of nitrogens with one attached hydrogen (secondary N) is 2. The fourth-order valence-corrected chi connectivity index (χ4v) is 3.73. The summed E-state index contributed by atoms with van der Waals surface area (Å²) in [7, 11) is 0. The lowest BCUT2D eigenvalue weighted by Gasteiger charge is -2.13. The third-order valence-electron chi connectivity index (χ3n) is 4.70. The molecular formula is C21H21FN4OS. The summed E-state index contributed by atoms with van der Waals surface area (Å²) in [5, 5.41) is 16.3. The molecule has 0 spiro atoms. The number of carbonyl (C=O) groups excluding carboxylic acids is 1. The van der Waals surface area contributed by atoms with Gasteiger partial charge in [-0.05, 0) is 55.2 Å². The second-order valence-corrected chi connectivity index (χ2v) is 8.12. The smallest absolute Gasteiger partial charge is 0.227 e. The standard InChI is InChI=1S/C21H21FN4OS/c1-13(15-6-10-18(11-7-15)24-20(27)16-4-5-16)23-21-26-25-19(28-21)12-14-2-8-17(22)9-3-14/h2-3,6-11,13,16H,4-5,12H2,1H3,(H,23,26)(H,24,27). The predicted octanol–water partition coefficient (Wildman–Crippen LogP) is 4.79. The number of hydrogen-bond donors (Lipinski definition) is 2. The molecule has 1 atom stereocenters. The number of aromatic nitrogens is 2. The molecule has 1 heterocycles. The molecule has 1 aromatic heterocycles. The summed E-state index contributed by atoms with van der Waals surface area (Å²) in [5.74, 6) is 0.0681. The molecule has 3 aromatic rings. The van der Waals surface area contributed by atoms with E-state index < -0.39 is 0 Å². The van der Waals surface area contributed by atoms with Crippen molar-refractivity contribution in [1.29, 1.82) is 0 Å². The molecule has 0 bridgehead atoms. The van der Waals surface area contributed by atoms with Crippen LogP contribution in [0.1, 0.15) is 41.9 Å². The first kappa shape index (κ1) is 18.6. The van der Waals surface area contributed by atoms with Gasteiger partial charge in [0.2, 0.25) is 11.0 Å². The van der Waals surface area contributed by atoms with Gasteiger partial charge in [0.1, 0.15) is 10.8 Å². The minimum Gasteiger partial charge on any atom is -0.354 e. The zero-order valence-corrected chi connectivity index (χ0v) is 16.3. The van der Waals surface area contributed by atoms with Gasteiger partial charge in [-0.1, -0.05) is 35.6 Å². The molecule has 0 aliphatic heterocycles. The minimum absolute atomic E-state index is 0.0554. The van der Waals surface area contributed by atoms with Crippen molar-refractivity contribution >= 4 is 28.1 Å². The van der Waals surface area contributed by atoms with Crippen LogP contribution in [0.2, 0.25) is 0 Å². The first-order valence-electron chi connectivity index (χ1n) is 9.31. The Balaban J connectivity index is 1.34. The van der Waals surface area contributed by atoms with E-state index in [9.17, 15) is 9.18 Å². The molecule has 2 N–H and O–H groups in total. The molecule has 1 fully saturated rings. The number of halogens is 1. The molecule has 1 saturated carbocycles. The molecular weight excluding hydrogens is 375 g/mol. The summed E-state index contributed by atoms with van der Waals surface area (Å²) in [6.45, 7) is 2.05. The highest BCUT2D eigenvalue weighted by Crippen LogP contribution is 2.30. The maximum Gasteiger partial charge on any atom is 0.227 e. The predicted molar refractivity (Wildman–Crippen MR) is 109 cm³/mol. The molecule has 1 aliphatic rings. The van der Waals surface area contributed by atoms with Crippen molar-refractivity contribution in [3.63, 3.8) is 0 Å². The van der Waals surface area contributed by atoms with Gasteiger partial charge < -0.3 is 10.6 Å². The van der Waals surface area contributed by atoms with E-state index in [0.717, 1.165) is 39.8 Å². The van der Waals surface area contributed by atoms with E-state index in [1.165, 1.54) is 23.5 Å². The van der Waals surface area contributed by atoms with Crippen LogP contribution in [0.4, 0.5) is 15.2 Å². The minimum atomic E-state index is -0.240. The third kappa shape index (κ3) is 4.72. The fraction of sp³-hybridized carbons (Fsp3) is 0.286. The van der Waals surface area contributed by atoms with E-state index in [-0.39, 0.29) is 23.7 Å². The second kappa shape index (κ2) is 8.06. The Morgan fingerprint density at radius 3 is 2.54 bits per heavy atom. The summed E-state index contributed by atoms with van der Waals surface area (Å²) < 4.78 is 13.0. The number of benzene rings is 2. The molecule has 5 nitrogen and oxygen atoms in total. The third-order valence-corrected chi connectivity index (χ3v) is 5.56. The molecule has 2 aromatic carbocycles. The van der Waals surface area contributed by atoms with Gasteiger partial charge in [0.05, 0.1) is 6.04 Å². The summed E-state index contributed by atoms with van der Waals surface area (Å²) in [6.07, 6.45) is 2.62. The fourth-order valence-electron chi connectivity index (χ4n) is 2.87. The van der Waals surface area contributed by atoms with E-state index in [0.29, 0.717) is 6.42 Å². The lowest BCUT2D eigenvalue weighted by molar-refractivity contribution is -0.117. The molecule has 7 heteroatoms. The number of nitrogens with zero attached hydrogens (tertiary/aromatic N) is 2. The quantitative estimate of drug-likeness (QED) is 0.603. The van der Waals surface area contributed by atoms with Crippen molar-refractivity contribution in [2.24, 2.45) is 5.92 Å². The van der Waals surface area contributed by atoms with Crippen LogP contribution in [-0.2, 0) is 11.2 Å². The zero-order valence-electron chi connectivity index (χ0n) is 15.5. The molecule has 1 aliphatic carbocycles. The van der Waals surface area contributed by atoms with Crippen LogP contribution in [0.3, 0.4) is 0 Å². The monoisotopic (exact) mass is 396 g/mol. The van der Waals surface area contributed by atoms with Crippen molar-refractivity contribution in [3.8, 4) is 0 Å². The highest BCUT2D eigenvalue weighted by atomic mass is 32.1. The van der Waals surface area contributed by atoms with Crippen molar-refractivity contribution < 1.29 is 9.18 Å². The largest absolute Gasteiger partial charge is 0.354 e. The van der Waals surface area contributed by atoms with Crippen molar-refractivity contribution in [3.05, 3.63) is 70.5 Å². The molecule has 28 heavy (non-hydrogen) atoms. The first-order valence-corrected chi connectivity index (χ1v) is 10.1. The second-order valence-electron chi connectivity index (χ2n) is 7.06. The Kier molecular flexibility index (Phi) is 5.34. The maximum absolute atomic E-state index is 13.0. The normalized spacial score (nSPS) is 14.5. The van der Waals surface area contributed by atoms with Gasteiger partial charge in [-0.25, -0.2) is 4.39 Å². The average molecular weight is 396 g/mol. The van der Waals surface area contributed by atoms with E-state index in [4.69, 9.17) is 0 Å². The number of amides is 1. The Labute approximate surface area is 167 Å². The zero-order chi connectivity index (χ0) is 19.5. The Hall–Kier alpha value is -2.80. The van der Waals surface area contributed by atoms with Crippen LogP contribution in [0.5, 0.6) is 0 Å². The van der Waals surface area contributed by atoms with Crippen LogP contribution in [-0.4, -0.2) is 16.1 Å². The SMILES string of the molecule is CC(Nc1nnc(Cc2ccc(F)cc2)s1)c1ccc(NC(=O)C2CC2)cc1. The van der Waals surface area contributed by atoms with Crippen LogP contribution in [0.15, 0.2) is 48.5 Å².